The number of hydrogen-bond donors (Lipinski definition) is 1. The molecular weight excluding hydrogens is 519 g/mol. The summed E-state index contributed by atoms with van der Waals surface area (Å²) >= 11 is 0. The van der Waals surface area contributed by atoms with Crippen LogP contribution in [0.3, 0.4) is 0 Å². The minimum Gasteiger partial charge on any atom is -0.495 e. The van der Waals surface area contributed by atoms with Crippen LogP contribution < -0.4 is 14.4 Å². The summed E-state index contributed by atoms with van der Waals surface area (Å²) in [6, 6.07) is 17.2. The molecule has 11 heteroatoms. The standard InChI is InChI=1S/C28H33FN6O3S/c1-33(39(3,36)37)25-7-5-4-6-23(25)26-11-9-22-19-30-28(32-35(22)26)31-24-10-8-21(18-27(24)38-2)20-12-15-34(16-13-20)17-14-29/h4-11,18-20H,12-17H2,1-3H3,(H,31,32). The van der Waals surface area contributed by atoms with E-state index in [0.717, 1.165) is 48.4 Å². The van der Waals surface area contributed by atoms with Gasteiger partial charge < -0.3 is 15.0 Å². The summed E-state index contributed by atoms with van der Waals surface area (Å²) in [4.78, 5) is 6.65. The number of piperidine rings is 1. The lowest BCUT2D eigenvalue weighted by Gasteiger charge is -2.31. The summed E-state index contributed by atoms with van der Waals surface area (Å²) in [7, 11) is -0.276. The van der Waals surface area contributed by atoms with Gasteiger partial charge in [-0.05, 0) is 67.7 Å². The molecule has 0 bridgehead atoms. The van der Waals surface area contributed by atoms with E-state index in [1.165, 1.54) is 23.2 Å². The molecule has 1 saturated heterocycles. The van der Waals surface area contributed by atoms with Crippen LogP contribution in [0.4, 0.5) is 21.7 Å². The summed E-state index contributed by atoms with van der Waals surface area (Å²) < 4.78 is 45.9. The van der Waals surface area contributed by atoms with Gasteiger partial charge in [0.1, 0.15) is 12.4 Å². The molecule has 9 nitrogen and oxygen atoms in total. The van der Waals surface area contributed by atoms with Crippen molar-refractivity contribution in [2.24, 2.45) is 0 Å². The van der Waals surface area contributed by atoms with Gasteiger partial charge in [-0.3, -0.25) is 4.31 Å². The SMILES string of the molecule is COc1cc(C2CCN(CCF)CC2)ccc1Nc1ncc2ccc(-c3ccccc3N(C)S(C)(=O)=O)n2n1. The molecule has 1 aliphatic heterocycles. The van der Waals surface area contributed by atoms with Gasteiger partial charge in [0, 0.05) is 19.2 Å². The molecule has 0 spiro atoms. The predicted molar refractivity (Wildman–Crippen MR) is 152 cm³/mol. The average molecular weight is 553 g/mol. The Morgan fingerprint density at radius 1 is 1.13 bits per heavy atom. The minimum atomic E-state index is -3.45. The molecule has 0 radical (unpaired) electrons. The van der Waals surface area contributed by atoms with E-state index in [-0.39, 0.29) is 6.67 Å². The molecule has 1 fully saturated rings. The topological polar surface area (TPSA) is 92.1 Å². The van der Waals surface area contributed by atoms with E-state index >= 15 is 0 Å². The average Bonchev–Trinajstić information content (AvgIpc) is 3.36. The fraction of sp³-hybridized carbons (Fsp3) is 0.357. The highest BCUT2D eigenvalue weighted by atomic mass is 32.2. The first-order chi connectivity index (χ1) is 18.8. The van der Waals surface area contributed by atoms with E-state index in [9.17, 15) is 12.8 Å². The number of methoxy groups -OCH3 is 1. The van der Waals surface area contributed by atoms with Crippen LogP contribution in [0.2, 0.25) is 0 Å². The maximum absolute atomic E-state index is 12.7. The van der Waals surface area contributed by atoms with E-state index in [2.05, 4.69) is 27.3 Å². The molecule has 0 aliphatic carbocycles. The molecular formula is C28H33FN6O3S. The number of hydrogen-bond acceptors (Lipinski definition) is 7. The molecule has 0 amide bonds. The maximum atomic E-state index is 12.7. The third-order valence-electron chi connectivity index (χ3n) is 7.35. The zero-order chi connectivity index (χ0) is 27.6. The number of sulfonamides is 1. The molecule has 39 heavy (non-hydrogen) atoms. The first-order valence-electron chi connectivity index (χ1n) is 12.9. The van der Waals surface area contributed by atoms with Gasteiger partial charge in [-0.2, -0.15) is 0 Å². The lowest BCUT2D eigenvalue weighted by atomic mass is 9.89. The number of alkyl halides is 1. The summed E-state index contributed by atoms with van der Waals surface area (Å²) in [6.07, 6.45) is 4.87. The summed E-state index contributed by atoms with van der Waals surface area (Å²) in [5.74, 6) is 1.47. The van der Waals surface area contributed by atoms with E-state index in [4.69, 9.17) is 9.84 Å². The van der Waals surface area contributed by atoms with E-state index in [1.807, 2.05) is 36.4 Å². The second-order valence-corrected chi connectivity index (χ2v) is 11.8. The highest BCUT2D eigenvalue weighted by Crippen LogP contribution is 2.35. The Bertz CT molecular complexity index is 1570. The Kier molecular flexibility index (Phi) is 7.72. The fourth-order valence-corrected chi connectivity index (χ4v) is 5.62. The Hall–Kier alpha value is -3.70. The monoisotopic (exact) mass is 552 g/mol. The van der Waals surface area contributed by atoms with E-state index in [1.54, 1.807) is 23.9 Å². The third-order valence-corrected chi connectivity index (χ3v) is 8.54. The number of aromatic nitrogens is 3. The Labute approximate surface area is 228 Å². The van der Waals surface area contributed by atoms with Crippen molar-refractivity contribution in [3.05, 3.63) is 66.4 Å². The number of halogens is 1. The van der Waals surface area contributed by atoms with Crippen LogP contribution in [0, 0.1) is 0 Å². The molecule has 0 saturated carbocycles. The smallest absolute Gasteiger partial charge is 0.245 e. The summed E-state index contributed by atoms with van der Waals surface area (Å²) in [6.45, 7) is 1.99. The van der Waals surface area contributed by atoms with Crippen molar-refractivity contribution in [3.63, 3.8) is 0 Å². The van der Waals surface area contributed by atoms with Crippen LogP contribution >= 0.6 is 0 Å². The summed E-state index contributed by atoms with van der Waals surface area (Å²) in [5.41, 5.74) is 4.74. The van der Waals surface area contributed by atoms with E-state index in [0.29, 0.717) is 29.8 Å². The van der Waals surface area contributed by atoms with Crippen molar-refractivity contribution in [3.8, 4) is 17.0 Å². The largest absolute Gasteiger partial charge is 0.495 e. The highest BCUT2D eigenvalue weighted by Gasteiger charge is 2.22. The Morgan fingerprint density at radius 3 is 2.62 bits per heavy atom. The fourth-order valence-electron chi connectivity index (χ4n) is 5.10. The number of ether oxygens (including phenoxy) is 1. The minimum absolute atomic E-state index is 0.304. The van der Waals surface area contributed by atoms with Gasteiger partial charge >= 0.3 is 0 Å². The molecule has 206 valence electrons. The van der Waals surface area contributed by atoms with Crippen LogP contribution in [-0.4, -0.2) is 74.6 Å². The summed E-state index contributed by atoms with van der Waals surface area (Å²) in [5, 5.41) is 7.99. The molecule has 1 N–H and O–H groups in total. The van der Waals surface area contributed by atoms with Crippen molar-refractivity contribution >= 4 is 32.9 Å². The molecule has 2 aromatic carbocycles. The van der Waals surface area contributed by atoms with Crippen molar-refractivity contribution in [1.82, 2.24) is 19.5 Å². The number of para-hydroxylation sites is 1. The van der Waals surface area contributed by atoms with Gasteiger partial charge in [-0.1, -0.05) is 24.3 Å². The zero-order valence-electron chi connectivity index (χ0n) is 22.3. The highest BCUT2D eigenvalue weighted by molar-refractivity contribution is 7.92. The molecule has 4 aromatic rings. The second-order valence-electron chi connectivity index (χ2n) is 9.77. The Balaban J connectivity index is 1.42. The van der Waals surface area contributed by atoms with Gasteiger partial charge in [0.15, 0.2) is 0 Å². The first kappa shape index (κ1) is 26.9. The van der Waals surface area contributed by atoms with Crippen LogP contribution in [0.5, 0.6) is 5.75 Å². The van der Waals surface area contributed by atoms with Gasteiger partial charge in [0.2, 0.25) is 16.0 Å². The number of benzene rings is 2. The lowest BCUT2D eigenvalue weighted by molar-refractivity contribution is 0.197. The lowest BCUT2D eigenvalue weighted by Crippen LogP contribution is -2.34. The third kappa shape index (κ3) is 5.69. The normalized spacial score (nSPS) is 15.0. The van der Waals surface area contributed by atoms with Crippen molar-refractivity contribution < 1.29 is 17.5 Å². The van der Waals surface area contributed by atoms with Crippen LogP contribution in [0.25, 0.3) is 16.8 Å². The number of rotatable bonds is 9. The molecule has 1 aliphatic rings. The van der Waals surface area contributed by atoms with Crippen LogP contribution in [-0.2, 0) is 10.0 Å². The van der Waals surface area contributed by atoms with Crippen LogP contribution in [0.1, 0.15) is 24.3 Å². The quantitative estimate of drug-likeness (QED) is 0.322. The molecule has 2 aromatic heterocycles. The number of nitrogens with zero attached hydrogens (tertiary/aromatic N) is 5. The molecule has 0 unspecified atom stereocenters. The van der Waals surface area contributed by atoms with E-state index < -0.39 is 10.0 Å². The van der Waals surface area contributed by atoms with Crippen molar-refractivity contribution in [2.75, 3.05) is 56.3 Å². The number of likely N-dealkylation sites (tertiary alicyclic amines) is 1. The van der Waals surface area contributed by atoms with Crippen LogP contribution in [0.15, 0.2) is 60.8 Å². The zero-order valence-corrected chi connectivity index (χ0v) is 23.2. The first-order valence-corrected chi connectivity index (χ1v) is 14.7. The number of nitrogens with one attached hydrogen (secondary N) is 1. The Morgan fingerprint density at radius 2 is 1.90 bits per heavy atom. The second kappa shape index (κ2) is 11.2. The van der Waals surface area contributed by atoms with Crippen molar-refractivity contribution in [2.45, 2.75) is 18.8 Å². The molecule has 3 heterocycles. The van der Waals surface area contributed by atoms with Gasteiger partial charge in [0.05, 0.1) is 42.1 Å². The van der Waals surface area contributed by atoms with Gasteiger partial charge in [-0.15, -0.1) is 5.10 Å². The molecule has 5 rings (SSSR count). The van der Waals surface area contributed by atoms with Crippen molar-refractivity contribution in [1.29, 1.82) is 0 Å². The maximum Gasteiger partial charge on any atom is 0.245 e. The predicted octanol–water partition coefficient (Wildman–Crippen LogP) is 4.69. The van der Waals surface area contributed by atoms with Gasteiger partial charge in [0.25, 0.3) is 0 Å². The molecule has 0 atom stereocenters. The number of anilines is 3. The van der Waals surface area contributed by atoms with Gasteiger partial charge in [-0.25, -0.2) is 22.3 Å². The number of fused-ring (bicyclic) bond motifs is 1.